The third kappa shape index (κ3) is 28.7. The van der Waals surface area contributed by atoms with Crippen LogP contribution in [0.3, 0.4) is 0 Å². The number of carbonyl (C=O) groups is 7. The smallest absolute Gasteiger partial charge is 0.410 e. The topological polar surface area (TPSA) is 381 Å². The molecule has 10 unspecified atom stereocenters. The van der Waals surface area contributed by atoms with Crippen LogP contribution < -0.4 is 16.4 Å². The minimum atomic E-state index is -0.945. The van der Waals surface area contributed by atoms with Gasteiger partial charge in [-0.3, -0.25) is 14.4 Å². The molecule has 5 aliphatic rings. The molecule has 29 heteroatoms. The largest absolute Gasteiger partial charge is 0.481 e. The molecule has 0 spiro atoms. The van der Waals surface area contributed by atoms with Gasteiger partial charge in [-0.25, -0.2) is 44.1 Å². The molecule has 4 aromatic carbocycles. The number of aromatic nitrogens is 5. The lowest BCUT2D eigenvalue weighted by Gasteiger charge is -2.28. The number of para-hydroxylation sites is 4. The van der Waals surface area contributed by atoms with Crippen molar-refractivity contribution in [3.8, 4) is 47.6 Å². The van der Waals surface area contributed by atoms with Gasteiger partial charge in [0.2, 0.25) is 17.7 Å². The molecule has 5 amide bonds. The first-order valence-corrected chi connectivity index (χ1v) is 41.6. The molecule has 0 saturated heterocycles. The zero-order chi connectivity index (χ0) is 89.3. The number of rotatable bonds is 15. The average Bonchev–Trinajstić information content (AvgIpc) is 1.67. The maximum Gasteiger partial charge on any atom is 0.410 e. The summed E-state index contributed by atoms with van der Waals surface area (Å²) in [5, 5.41) is 23.7. The second-order valence-electron chi connectivity index (χ2n) is 34.4. The molecule has 656 valence electrons. The van der Waals surface area contributed by atoms with Crippen LogP contribution in [0.15, 0.2) is 138 Å². The number of carboxylic acids is 2. The summed E-state index contributed by atoms with van der Waals surface area (Å²) in [6.07, 6.45) is 27.5. The molecule has 10 atom stereocenters. The number of aromatic carboxylic acids is 1. The number of aryl methyl sites for hydroxylation is 3. The van der Waals surface area contributed by atoms with Crippen molar-refractivity contribution < 1.29 is 80.1 Å². The number of hydrogen-bond donors (Lipinski definition) is 5. The molecule has 5 aliphatic carbocycles. The van der Waals surface area contributed by atoms with Crippen molar-refractivity contribution in [3.05, 3.63) is 162 Å². The number of carboxylic acid groups (broad SMARTS) is 2. The standard InChI is InChI=1S/C24H23N3O3.2C15H24N2O3.C14H9NO3.C12H21NO4.C10H16N2O.C3H5N/c1-15-14-25-22(29-15)18-11-12-19(13-18)27(2)24(28)17-9-7-16(8-10-17)23-26-20-5-3-4-6-21(20)30-23;1-10-9-16-13(19-10)11-6-7-12(8-11)17(5)14(18)20-15(2,3)4;1-6-9-16-13(18)11-7-8-12(10-11)17(5)14(19)20-15(2,3)4;16-14(17)10-7-5-9(6-8-10)13-15-11-3-1-2-4-12(11)18-13;1-12(2,3)17-11(16)13(4)9-6-5-8(7-9)10(14)15;1-7-6-12-10(13-7)8-3-4-9(5-8)11-2;1-2-3-4/h3-10,14,18-19H,11-13H2,1-2H3;9,11-12H,6-8H2,1-5H3;1,11-12H,7-10H2,2-5H3,(H,16,18);1-8H,(H,16,17);8-9H,5-7H2,1-4H3,(H,14,15);6,8-9,11H,3-5H2,1-2H3;1H,3-4H2. The van der Waals surface area contributed by atoms with Gasteiger partial charge in [0.15, 0.2) is 28.8 Å². The van der Waals surface area contributed by atoms with Crippen LogP contribution in [-0.2, 0) is 23.8 Å². The number of oxazole rings is 5. The van der Waals surface area contributed by atoms with E-state index in [9.17, 15) is 33.6 Å². The first-order valence-electron chi connectivity index (χ1n) is 41.6. The summed E-state index contributed by atoms with van der Waals surface area (Å²) in [7, 11) is 9.10. The second kappa shape index (κ2) is 44.1. The van der Waals surface area contributed by atoms with Gasteiger partial charge in [0.25, 0.3) is 5.91 Å². The quantitative estimate of drug-likeness (QED) is 0.0470. The first-order chi connectivity index (χ1) is 57.7. The lowest BCUT2D eigenvalue weighted by molar-refractivity contribution is -0.141. The van der Waals surface area contributed by atoms with Crippen LogP contribution in [0.5, 0.6) is 0 Å². The Hall–Kier alpha value is -11.8. The highest BCUT2D eigenvalue weighted by atomic mass is 16.6. The summed E-state index contributed by atoms with van der Waals surface area (Å²) >= 11 is 0. The van der Waals surface area contributed by atoms with Crippen molar-refractivity contribution in [2.24, 2.45) is 17.6 Å². The number of amides is 5. The summed E-state index contributed by atoms with van der Waals surface area (Å²) in [4.78, 5) is 111. The maximum absolute atomic E-state index is 13.0. The molecule has 122 heavy (non-hydrogen) atoms. The van der Waals surface area contributed by atoms with E-state index in [1.54, 1.807) is 48.4 Å². The van der Waals surface area contributed by atoms with Crippen molar-refractivity contribution in [2.75, 3.05) is 48.3 Å². The van der Waals surface area contributed by atoms with Crippen molar-refractivity contribution in [1.29, 1.82) is 0 Å². The van der Waals surface area contributed by atoms with Gasteiger partial charge in [-0.1, -0.05) is 36.1 Å². The minimum absolute atomic E-state index is 0.0216. The first kappa shape index (κ1) is 95.6. The van der Waals surface area contributed by atoms with E-state index in [0.717, 1.165) is 132 Å². The van der Waals surface area contributed by atoms with Crippen molar-refractivity contribution in [2.45, 2.75) is 244 Å². The molecule has 9 aromatic rings. The van der Waals surface area contributed by atoms with Crippen LogP contribution in [0, 0.1) is 57.3 Å². The van der Waals surface area contributed by atoms with Gasteiger partial charge < -0.3 is 82.5 Å². The number of carbonyl (C=O) groups excluding carboxylic acids is 5. The van der Waals surface area contributed by atoms with E-state index in [1.807, 2.05) is 188 Å². The Morgan fingerprint density at radius 2 is 0.836 bits per heavy atom. The fourth-order valence-electron chi connectivity index (χ4n) is 14.9. The number of ether oxygens (including phenoxy) is 3. The molecule has 0 radical (unpaired) electrons. The zero-order valence-corrected chi connectivity index (χ0v) is 73.5. The molecule has 5 aromatic heterocycles. The normalized spacial score (nSPS) is 20.1. The number of aliphatic carboxylic acids is 1. The predicted octanol–water partition coefficient (Wildman–Crippen LogP) is 17.2. The summed E-state index contributed by atoms with van der Waals surface area (Å²) in [6, 6.07) is 30.1. The highest BCUT2D eigenvalue weighted by molar-refractivity contribution is 5.95. The number of terminal acetylenes is 2. The number of nitrogens with one attached hydrogen (secondary N) is 2. The van der Waals surface area contributed by atoms with Gasteiger partial charge in [0.1, 0.15) is 45.1 Å². The van der Waals surface area contributed by atoms with Crippen LogP contribution in [0.1, 0.15) is 232 Å². The average molecular weight is 1680 g/mol. The highest BCUT2D eigenvalue weighted by Gasteiger charge is 2.39. The Morgan fingerprint density at radius 1 is 0.475 bits per heavy atom. The van der Waals surface area contributed by atoms with E-state index in [1.165, 1.54) is 29.9 Å². The van der Waals surface area contributed by atoms with Crippen molar-refractivity contribution in [3.63, 3.8) is 0 Å². The molecule has 0 bridgehead atoms. The molecular weight excluding hydrogens is 1560 g/mol. The Balaban J connectivity index is 0.000000183. The zero-order valence-electron chi connectivity index (χ0n) is 73.5. The molecule has 5 heterocycles. The van der Waals surface area contributed by atoms with Gasteiger partial charge in [-0.15, -0.1) is 12.8 Å². The SMILES string of the molecule is C#CCN.C#CCNC(=O)C1CCC(N(C)C(=O)OC(C)(C)C)C1.CN(C(=O)OC(C)(C)C)C1CCC(C(=O)O)C1.CNC1CCC(c2ncc(C)o2)C1.Cc1cnc(C2CCC(N(C)C(=O)OC(C)(C)C)C2)o1.Cc1cnc(C2CCC(N(C)C(=O)c3ccc(-c4nc5ccccc5o4)cc3)C2)o1.O=C(O)c1ccc(-c2nc3ccccc3o2)cc1. The second-order valence-corrected chi connectivity index (χ2v) is 34.4. The number of fused-ring (bicyclic) bond motifs is 2. The minimum Gasteiger partial charge on any atom is -0.481 e. The van der Waals surface area contributed by atoms with Crippen LogP contribution in [-0.4, -0.2) is 192 Å². The Labute approximate surface area is 715 Å². The number of hydrogen-bond acceptors (Lipinski definition) is 22. The molecule has 29 nitrogen and oxygen atoms in total. The van der Waals surface area contributed by atoms with Gasteiger partial charge in [-0.2, -0.15) is 0 Å². The van der Waals surface area contributed by atoms with Gasteiger partial charge >= 0.3 is 30.2 Å². The van der Waals surface area contributed by atoms with Crippen LogP contribution in [0.25, 0.3) is 45.1 Å². The van der Waals surface area contributed by atoms with E-state index in [-0.39, 0.29) is 84.1 Å². The summed E-state index contributed by atoms with van der Waals surface area (Å²) < 4.78 is 44.2. The van der Waals surface area contributed by atoms with E-state index < -0.39 is 28.7 Å². The molecule has 14 rings (SSSR count). The molecule has 0 aliphatic heterocycles. The Morgan fingerprint density at radius 3 is 1.18 bits per heavy atom. The van der Waals surface area contributed by atoms with Crippen molar-refractivity contribution in [1.82, 2.24) is 55.2 Å². The monoisotopic (exact) mass is 1680 g/mol. The molecular formula is C93H122N12O17. The Kier molecular flexibility index (Phi) is 34.6. The number of nitrogens with zero attached hydrogens (tertiary/aromatic N) is 9. The maximum atomic E-state index is 13.0. The summed E-state index contributed by atoms with van der Waals surface area (Å²) in [6.45, 7) is 22.9. The lowest BCUT2D eigenvalue weighted by atomic mass is 10.1. The molecule has 6 N–H and O–H groups in total. The van der Waals surface area contributed by atoms with Crippen LogP contribution in [0.2, 0.25) is 0 Å². The van der Waals surface area contributed by atoms with Gasteiger partial charge in [-0.05, 0) is 259 Å². The fourth-order valence-corrected chi connectivity index (χ4v) is 14.9. The number of benzene rings is 4. The van der Waals surface area contributed by atoms with E-state index >= 15 is 0 Å². The summed E-state index contributed by atoms with van der Waals surface area (Å²) in [5.74, 6) is 9.74. The molecule has 5 saturated carbocycles. The lowest BCUT2D eigenvalue weighted by Crippen LogP contribution is -2.40. The predicted molar refractivity (Wildman–Crippen MR) is 463 cm³/mol. The number of nitrogens with two attached hydrogens (primary N) is 1. The van der Waals surface area contributed by atoms with Crippen LogP contribution >= 0.6 is 0 Å². The fraction of sp³-hybridized carbons (Fsp3) is 0.505. The van der Waals surface area contributed by atoms with Crippen molar-refractivity contribution >= 4 is 64.2 Å². The Bertz CT molecular complexity index is 4920. The van der Waals surface area contributed by atoms with Gasteiger partial charge in [0, 0.05) is 98.8 Å². The van der Waals surface area contributed by atoms with E-state index in [2.05, 4.69) is 53.8 Å². The summed E-state index contributed by atoms with van der Waals surface area (Å²) in [5.41, 5.74) is 8.91. The van der Waals surface area contributed by atoms with Gasteiger partial charge in [0.05, 0.1) is 43.2 Å². The molecule has 5 fully saturated rings. The van der Waals surface area contributed by atoms with E-state index in [4.69, 9.17) is 58.7 Å². The third-order valence-electron chi connectivity index (χ3n) is 21.5. The van der Waals surface area contributed by atoms with E-state index in [0.29, 0.717) is 61.0 Å². The van der Waals surface area contributed by atoms with Crippen LogP contribution in [0.4, 0.5) is 14.4 Å². The third-order valence-corrected chi connectivity index (χ3v) is 21.5. The highest BCUT2D eigenvalue weighted by Crippen LogP contribution is 2.40.